The van der Waals surface area contributed by atoms with Crippen LogP contribution in [0, 0.1) is 0 Å². The highest BCUT2D eigenvalue weighted by Crippen LogP contribution is 2.31. The quantitative estimate of drug-likeness (QED) is 0.601. The summed E-state index contributed by atoms with van der Waals surface area (Å²) < 4.78 is 1.73. The molecule has 1 atom stereocenters. The Hall–Kier alpha value is -3.29. The van der Waals surface area contributed by atoms with E-state index in [2.05, 4.69) is 20.5 Å². The van der Waals surface area contributed by atoms with Crippen LogP contribution in [0.3, 0.4) is 0 Å². The molecule has 1 saturated heterocycles. The zero-order valence-corrected chi connectivity index (χ0v) is 14.0. The Kier molecular flexibility index (Phi) is 3.41. The number of hydrogen-bond donors (Lipinski definition) is 1. The first-order valence-electron chi connectivity index (χ1n) is 8.71. The number of nitrogens with zero attached hydrogens (tertiary/aromatic N) is 6. The van der Waals surface area contributed by atoms with Crippen molar-refractivity contribution in [2.75, 3.05) is 6.54 Å². The van der Waals surface area contributed by atoms with Gasteiger partial charge in [-0.25, -0.2) is 9.50 Å². The number of aromatic nitrogens is 6. The minimum absolute atomic E-state index is 0.00906. The first-order chi connectivity index (χ1) is 12.8. The van der Waals surface area contributed by atoms with Crippen LogP contribution in [0.1, 0.15) is 41.4 Å². The van der Waals surface area contributed by atoms with E-state index < -0.39 is 0 Å². The molecule has 4 aromatic rings. The number of carbonyl (C=O) groups excluding carboxylic acids is 1. The largest absolute Gasteiger partial charge is 0.330 e. The topological polar surface area (TPSA) is 92.1 Å². The number of rotatable bonds is 2. The molecular formula is C18H17N7O. The zero-order chi connectivity index (χ0) is 17.5. The number of piperidine rings is 1. The Labute approximate surface area is 148 Å². The van der Waals surface area contributed by atoms with E-state index >= 15 is 0 Å². The smallest absolute Gasteiger partial charge is 0.254 e. The highest BCUT2D eigenvalue weighted by molar-refractivity contribution is 5.97. The maximum Gasteiger partial charge on any atom is 0.254 e. The first-order valence-corrected chi connectivity index (χ1v) is 8.71. The lowest BCUT2D eigenvalue weighted by molar-refractivity contribution is 0.0606. The van der Waals surface area contributed by atoms with Crippen LogP contribution in [0.4, 0.5) is 0 Å². The summed E-state index contributed by atoms with van der Waals surface area (Å²) in [7, 11) is 0. The predicted octanol–water partition coefficient (Wildman–Crippen LogP) is 2.37. The molecule has 0 saturated carbocycles. The van der Waals surface area contributed by atoms with Gasteiger partial charge in [-0.2, -0.15) is 20.5 Å². The van der Waals surface area contributed by atoms with E-state index in [-0.39, 0.29) is 11.9 Å². The minimum atomic E-state index is -0.0239. The van der Waals surface area contributed by atoms with Gasteiger partial charge in [-0.15, -0.1) is 0 Å². The van der Waals surface area contributed by atoms with Crippen molar-refractivity contribution < 1.29 is 4.79 Å². The molecule has 1 aliphatic rings. The lowest BCUT2D eigenvalue weighted by Crippen LogP contribution is -2.38. The molecule has 1 aromatic carbocycles. The molecule has 1 unspecified atom stereocenters. The molecule has 8 heteroatoms. The molecule has 0 aliphatic carbocycles. The third-order valence-electron chi connectivity index (χ3n) is 4.95. The van der Waals surface area contributed by atoms with Crippen molar-refractivity contribution in [1.29, 1.82) is 0 Å². The second-order valence-electron chi connectivity index (χ2n) is 6.52. The van der Waals surface area contributed by atoms with E-state index in [4.69, 9.17) is 4.98 Å². The Morgan fingerprint density at radius 1 is 1.12 bits per heavy atom. The Balaban J connectivity index is 1.51. The molecule has 0 radical (unpaired) electrons. The average Bonchev–Trinajstić information content (AvgIpc) is 3.35. The van der Waals surface area contributed by atoms with Crippen LogP contribution in [0.5, 0.6) is 0 Å². The van der Waals surface area contributed by atoms with Gasteiger partial charge < -0.3 is 4.90 Å². The molecule has 130 valence electrons. The standard InChI is InChI=1S/C18H17N7O/c26-18(12-4-5-13-15(11-12)22-23-21-13)24-9-2-1-3-16(24)14-7-10-25-17(20-14)6-8-19-25/h4-8,10-11,16H,1-3,9H2,(H,21,22,23). The summed E-state index contributed by atoms with van der Waals surface area (Å²) in [6, 6.07) is 9.23. The van der Waals surface area contributed by atoms with Crippen LogP contribution in [0.25, 0.3) is 16.7 Å². The number of benzene rings is 1. The number of H-pyrrole nitrogens is 1. The van der Waals surface area contributed by atoms with Gasteiger partial charge in [0.1, 0.15) is 11.0 Å². The van der Waals surface area contributed by atoms with Crippen LogP contribution in [0.2, 0.25) is 0 Å². The molecule has 1 N–H and O–H groups in total. The molecule has 5 rings (SSSR count). The number of carbonyl (C=O) groups is 1. The van der Waals surface area contributed by atoms with Crippen molar-refractivity contribution in [2.45, 2.75) is 25.3 Å². The van der Waals surface area contributed by atoms with Gasteiger partial charge in [0.15, 0.2) is 5.65 Å². The van der Waals surface area contributed by atoms with Gasteiger partial charge in [0.05, 0.1) is 17.9 Å². The summed E-state index contributed by atoms with van der Waals surface area (Å²) in [6.07, 6.45) is 6.63. The Morgan fingerprint density at radius 3 is 3.00 bits per heavy atom. The Morgan fingerprint density at radius 2 is 2.04 bits per heavy atom. The molecule has 1 aliphatic heterocycles. The van der Waals surface area contributed by atoms with Crippen molar-refractivity contribution >= 4 is 22.6 Å². The van der Waals surface area contributed by atoms with E-state index in [1.165, 1.54) is 0 Å². The normalized spacial score (nSPS) is 17.8. The van der Waals surface area contributed by atoms with Crippen LogP contribution >= 0.6 is 0 Å². The number of amides is 1. The summed E-state index contributed by atoms with van der Waals surface area (Å²) in [6.45, 7) is 0.729. The van der Waals surface area contributed by atoms with E-state index in [9.17, 15) is 4.79 Å². The third-order valence-corrected chi connectivity index (χ3v) is 4.95. The van der Waals surface area contributed by atoms with Gasteiger partial charge >= 0.3 is 0 Å². The van der Waals surface area contributed by atoms with Crippen LogP contribution < -0.4 is 0 Å². The number of aromatic amines is 1. The molecule has 4 heterocycles. The third kappa shape index (κ3) is 2.42. The van der Waals surface area contributed by atoms with Crippen molar-refractivity contribution in [1.82, 2.24) is 34.9 Å². The lowest BCUT2D eigenvalue weighted by atomic mass is 9.98. The summed E-state index contributed by atoms with van der Waals surface area (Å²) in [4.78, 5) is 19.8. The Bertz CT molecular complexity index is 1100. The average molecular weight is 347 g/mol. The van der Waals surface area contributed by atoms with Gasteiger partial charge in [0.2, 0.25) is 0 Å². The van der Waals surface area contributed by atoms with Crippen molar-refractivity contribution in [3.63, 3.8) is 0 Å². The lowest BCUT2D eigenvalue weighted by Gasteiger charge is -2.35. The molecule has 26 heavy (non-hydrogen) atoms. The fourth-order valence-electron chi connectivity index (χ4n) is 3.63. The van der Waals surface area contributed by atoms with Crippen LogP contribution in [-0.2, 0) is 0 Å². The number of likely N-dealkylation sites (tertiary alicyclic amines) is 1. The van der Waals surface area contributed by atoms with E-state index in [0.717, 1.165) is 42.7 Å². The van der Waals surface area contributed by atoms with Gasteiger partial charge in [-0.3, -0.25) is 4.79 Å². The highest BCUT2D eigenvalue weighted by Gasteiger charge is 2.30. The summed E-state index contributed by atoms with van der Waals surface area (Å²) in [5.41, 5.74) is 3.79. The first kappa shape index (κ1) is 15.0. The van der Waals surface area contributed by atoms with E-state index in [1.54, 1.807) is 16.8 Å². The summed E-state index contributed by atoms with van der Waals surface area (Å²) >= 11 is 0. The van der Waals surface area contributed by atoms with Crippen LogP contribution in [0.15, 0.2) is 42.7 Å². The SMILES string of the molecule is O=C(c1ccc2n[nH]nc2c1)N1CCCCC1c1ccn2nccc2n1. The fourth-order valence-corrected chi connectivity index (χ4v) is 3.63. The summed E-state index contributed by atoms with van der Waals surface area (Å²) in [5.74, 6) is 0.00906. The molecule has 0 bridgehead atoms. The number of nitrogens with one attached hydrogen (secondary N) is 1. The maximum atomic E-state index is 13.2. The molecule has 3 aromatic heterocycles. The van der Waals surface area contributed by atoms with E-state index in [1.807, 2.05) is 35.4 Å². The monoisotopic (exact) mass is 347 g/mol. The highest BCUT2D eigenvalue weighted by atomic mass is 16.2. The zero-order valence-electron chi connectivity index (χ0n) is 14.0. The van der Waals surface area contributed by atoms with Crippen LogP contribution in [-0.4, -0.2) is 47.4 Å². The maximum absolute atomic E-state index is 13.2. The summed E-state index contributed by atoms with van der Waals surface area (Å²) in [5, 5.41) is 14.9. The molecule has 1 fully saturated rings. The van der Waals surface area contributed by atoms with Gasteiger partial charge in [0.25, 0.3) is 5.91 Å². The van der Waals surface area contributed by atoms with E-state index in [0.29, 0.717) is 11.1 Å². The second kappa shape index (κ2) is 5.91. The minimum Gasteiger partial charge on any atom is -0.330 e. The number of fused-ring (bicyclic) bond motifs is 2. The van der Waals surface area contributed by atoms with Gasteiger partial charge in [0, 0.05) is 24.4 Å². The fraction of sp³-hybridized carbons (Fsp3) is 0.278. The molecule has 8 nitrogen and oxygen atoms in total. The molecular weight excluding hydrogens is 330 g/mol. The molecule has 0 spiro atoms. The van der Waals surface area contributed by atoms with Gasteiger partial charge in [-0.1, -0.05) is 0 Å². The molecule has 1 amide bonds. The van der Waals surface area contributed by atoms with Crippen molar-refractivity contribution in [3.05, 3.63) is 54.0 Å². The van der Waals surface area contributed by atoms with Crippen molar-refractivity contribution in [2.24, 2.45) is 0 Å². The second-order valence-corrected chi connectivity index (χ2v) is 6.52. The number of hydrogen-bond acceptors (Lipinski definition) is 5. The predicted molar refractivity (Wildman–Crippen MR) is 94.5 cm³/mol. The van der Waals surface area contributed by atoms with Gasteiger partial charge in [-0.05, 0) is 43.5 Å². The van der Waals surface area contributed by atoms with Crippen molar-refractivity contribution in [3.8, 4) is 0 Å².